The van der Waals surface area contributed by atoms with Crippen LogP contribution < -0.4 is 20.9 Å². The molecule has 0 aromatic heterocycles. The molecule has 2 aromatic rings. The number of thioether (sulfide) groups is 1. The molecule has 52 heavy (non-hydrogen) atoms. The highest BCUT2D eigenvalue weighted by Crippen LogP contribution is 2.39. The van der Waals surface area contributed by atoms with Gasteiger partial charge < -0.3 is 29.6 Å². The molecule has 4 N–H and O–H groups in total. The maximum absolute atomic E-state index is 14.0. The van der Waals surface area contributed by atoms with E-state index in [2.05, 4.69) is 10.6 Å². The molecular weight excluding hydrogens is 727 g/mol. The Hall–Kier alpha value is -3.39. The van der Waals surface area contributed by atoms with E-state index in [1.165, 1.54) is 60.3 Å². The van der Waals surface area contributed by atoms with Crippen LogP contribution in [0.1, 0.15) is 38.5 Å². The number of alkyl halides is 1. The number of ether oxygens (including phenoxy) is 4. The van der Waals surface area contributed by atoms with Crippen molar-refractivity contribution in [2.75, 3.05) is 77.5 Å². The lowest BCUT2D eigenvalue weighted by atomic mass is 9.96. The van der Waals surface area contributed by atoms with Crippen LogP contribution in [0, 0.1) is 5.82 Å². The highest BCUT2D eigenvalue weighted by atomic mass is 32.2. The summed E-state index contributed by atoms with van der Waals surface area (Å²) in [6.07, 6.45) is 1.61. The van der Waals surface area contributed by atoms with Crippen LogP contribution in [0.4, 0.5) is 8.78 Å². The number of hydroxylamine groups is 1. The van der Waals surface area contributed by atoms with Crippen LogP contribution in [-0.4, -0.2) is 119 Å². The van der Waals surface area contributed by atoms with Crippen LogP contribution in [0.2, 0.25) is 0 Å². The fraction of sp³-hybridized carbons (Fsp3) is 0.559. The third kappa shape index (κ3) is 14.2. The Bertz CT molecular complexity index is 1480. The summed E-state index contributed by atoms with van der Waals surface area (Å²) in [5, 5.41) is 15.0. The van der Waals surface area contributed by atoms with Crippen molar-refractivity contribution in [2.24, 2.45) is 0 Å². The number of sulfonamides is 1. The number of rotatable bonds is 26. The number of hydrogen-bond donors (Lipinski definition) is 4. The number of benzene rings is 2. The molecule has 1 aliphatic carbocycles. The van der Waals surface area contributed by atoms with Crippen LogP contribution in [0.5, 0.6) is 11.5 Å². The molecular formula is C34H48F2N4O10S2. The summed E-state index contributed by atoms with van der Waals surface area (Å²) in [5.74, 6) is -0.318. The molecule has 1 aliphatic rings. The van der Waals surface area contributed by atoms with Gasteiger partial charge >= 0.3 is 0 Å². The molecule has 3 rings (SSSR count). The molecule has 0 bridgehead atoms. The first-order valence-electron chi connectivity index (χ1n) is 17.0. The summed E-state index contributed by atoms with van der Waals surface area (Å²) in [6.45, 7) is 1.57. The number of nitrogens with one attached hydrogen (secondary N) is 3. The van der Waals surface area contributed by atoms with E-state index in [1.54, 1.807) is 5.48 Å². The Kier molecular flexibility index (Phi) is 19.3. The van der Waals surface area contributed by atoms with Gasteiger partial charge in [0.1, 0.15) is 22.9 Å². The molecule has 1 saturated carbocycles. The Balaban J connectivity index is 1.39. The van der Waals surface area contributed by atoms with Crippen molar-refractivity contribution in [2.45, 2.75) is 49.0 Å². The van der Waals surface area contributed by atoms with Gasteiger partial charge in [-0.25, -0.2) is 18.3 Å². The van der Waals surface area contributed by atoms with Crippen LogP contribution in [0.3, 0.4) is 0 Å². The lowest BCUT2D eigenvalue weighted by Gasteiger charge is -2.38. The van der Waals surface area contributed by atoms with Crippen molar-refractivity contribution < 1.29 is 55.7 Å². The van der Waals surface area contributed by atoms with E-state index in [-0.39, 0.29) is 68.8 Å². The molecule has 2 aromatic carbocycles. The topological polar surface area (TPSA) is 182 Å². The summed E-state index contributed by atoms with van der Waals surface area (Å²) >= 11 is 1.39. The summed E-state index contributed by atoms with van der Waals surface area (Å²) in [6, 6.07) is 10.8. The van der Waals surface area contributed by atoms with Crippen LogP contribution >= 0.6 is 11.8 Å². The zero-order chi connectivity index (χ0) is 37.7. The largest absolute Gasteiger partial charge is 0.457 e. The molecule has 0 aliphatic heterocycles. The van der Waals surface area contributed by atoms with Crippen molar-refractivity contribution in [3.05, 3.63) is 54.3 Å². The Morgan fingerprint density at radius 1 is 0.827 bits per heavy atom. The fourth-order valence-corrected chi connectivity index (χ4v) is 7.93. The second kappa shape index (κ2) is 23.3. The summed E-state index contributed by atoms with van der Waals surface area (Å²) in [4.78, 5) is 37.2. The molecule has 3 amide bonds. The van der Waals surface area contributed by atoms with Gasteiger partial charge in [0, 0.05) is 26.1 Å². The zero-order valence-electron chi connectivity index (χ0n) is 29.0. The minimum atomic E-state index is -4.34. The van der Waals surface area contributed by atoms with E-state index in [9.17, 15) is 36.8 Å². The van der Waals surface area contributed by atoms with E-state index >= 15 is 0 Å². The standard InChI is InChI=1S/C34H48F2N4O10S2/c35-15-3-25-51-26-32(42)38-17-20-48-22-24-49-23-21-47-19-16-37-31(41)12-18-40(34(33(43)39-44)13-1-2-14-34)52(45,46)30-10-8-29(9-11-30)50-28-6-4-27(36)5-7-28/h4-11,44H,1-3,12-26H2,(H,37,41)(H,38,42)(H,39,43). The maximum Gasteiger partial charge on any atom is 0.264 e. The van der Waals surface area contributed by atoms with E-state index < -0.39 is 33.2 Å². The van der Waals surface area contributed by atoms with Gasteiger partial charge in [-0.05, 0) is 73.5 Å². The van der Waals surface area contributed by atoms with Gasteiger partial charge in [0.05, 0.1) is 57.0 Å². The molecule has 14 nitrogen and oxygen atoms in total. The number of carbonyl (C=O) groups excluding carboxylic acids is 3. The molecule has 290 valence electrons. The van der Waals surface area contributed by atoms with Gasteiger partial charge in [-0.2, -0.15) is 16.1 Å². The van der Waals surface area contributed by atoms with E-state index in [0.717, 1.165) is 4.31 Å². The van der Waals surface area contributed by atoms with Crippen LogP contribution in [0.15, 0.2) is 53.4 Å². The highest BCUT2D eigenvalue weighted by Gasteiger charge is 2.51. The summed E-state index contributed by atoms with van der Waals surface area (Å²) in [5.41, 5.74) is 0.0361. The Labute approximate surface area is 307 Å². The van der Waals surface area contributed by atoms with E-state index in [1.807, 2.05) is 0 Å². The molecule has 0 radical (unpaired) electrons. The average molecular weight is 775 g/mol. The van der Waals surface area contributed by atoms with Crippen molar-refractivity contribution in [3.8, 4) is 11.5 Å². The number of amides is 3. The quantitative estimate of drug-likeness (QED) is 0.0626. The second-order valence-corrected chi connectivity index (χ2v) is 14.6. The fourth-order valence-electron chi connectivity index (χ4n) is 5.39. The first kappa shape index (κ1) is 43.0. The van der Waals surface area contributed by atoms with Gasteiger partial charge in [-0.15, -0.1) is 0 Å². The van der Waals surface area contributed by atoms with Gasteiger partial charge in [0.25, 0.3) is 5.91 Å². The lowest BCUT2D eigenvalue weighted by molar-refractivity contribution is -0.139. The molecule has 0 saturated heterocycles. The third-order valence-corrected chi connectivity index (χ3v) is 11.0. The van der Waals surface area contributed by atoms with Gasteiger partial charge in [0.2, 0.25) is 21.8 Å². The van der Waals surface area contributed by atoms with Crippen molar-refractivity contribution >= 4 is 39.5 Å². The summed E-state index contributed by atoms with van der Waals surface area (Å²) < 4.78 is 76.2. The average Bonchev–Trinajstić information content (AvgIpc) is 3.63. The van der Waals surface area contributed by atoms with Gasteiger partial charge in [-0.1, -0.05) is 12.8 Å². The minimum Gasteiger partial charge on any atom is -0.457 e. The highest BCUT2D eigenvalue weighted by molar-refractivity contribution is 7.99. The first-order valence-corrected chi connectivity index (χ1v) is 19.6. The van der Waals surface area contributed by atoms with E-state index in [4.69, 9.17) is 18.9 Å². The number of hydrogen-bond acceptors (Lipinski definition) is 11. The molecule has 0 spiro atoms. The third-order valence-electron chi connectivity index (χ3n) is 7.97. The van der Waals surface area contributed by atoms with Crippen molar-refractivity contribution in [3.63, 3.8) is 0 Å². The molecule has 0 unspecified atom stereocenters. The smallest absolute Gasteiger partial charge is 0.264 e. The van der Waals surface area contributed by atoms with Crippen LogP contribution in [-0.2, 0) is 38.6 Å². The maximum atomic E-state index is 14.0. The normalized spacial score (nSPS) is 13.9. The first-order chi connectivity index (χ1) is 25.1. The Morgan fingerprint density at radius 3 is 1.92 bits per heavy atom. The number of nitrogens with zero attached hydrogens (tertiary/aromatic N) is 1. The number of halogens is 2. The van der Waals surface area contributed by atoms with Crippen molar-refractivity contribution in [1.29, 1.82) is 0 Å². The van der Waals surface area contributed by atoms with Crippen LogP contribution in [0.25, 0.3) is 0 Å². The lowest BCUT2D eigenvalue weighted by Crippen LogP contribution is -2.59. The molecule has 1 fully saturated rings. The number of carbonyl (C=O) groups is 3. The van der Waals surface area contributed by atoms with Gasteiger partial charge in [-0.3, -0.25) is 24.0 Å². The molecule has 0 heterocycles. The predicted octanol–water partition coefficient (Wildman–Crippen LogP) is 3.19. The monoisotopic (exact) mass is 774 g/mol. The van der Waals surface area contributed by atoms with Crippen molar-refractivity contribution in [1.82, 2.24) is 20.4 Å². The summed E-state index contributed by atoms with van der Waals surface area (Å²) in [7, 11) is -4.34. The van der Waals surface area contributed by atoms with Gasteiger partial charge in [0.15, 0.2) is 0 Å². The minimum absolute atomic E-state index is 0.119. The predicted molar refractivity (Wildman–Crippen MR) is 189 cm³/mol. The molecule has 0 atom stereocenters. The molecule has 18 heteroatoms. The SMILES string of the molecule is O=C(CCN(C1(C(=O)NO)CCCC1)S(=O)(=O)c1ccc(Oc2ccc(F)cc2)cc1)NCCOCCOCCOCCNC(=O)CSCCCF. The Morgan fingerprint density at radius 2 is 1.37 bits per heavy atom. The zero-order valence-corrected chi connectivity index (χ0v) is 30.6. The van der Waals surface area contributed by atoms with E-state index in [0.29, 0.717) is 69.5 Å². The second-order valence-electron chi connectivity index (χ2n) is 11.7.